The quantitative estimate of drug-likeness (QED) is 0.139. The van der Waals surface area contributed by atoms with Gasteiger partial charge in [0, 0.05) is 18.2 Å². The number of rotatable bonds is 10. The SMILES string of the molecule is CCOc1ccc(C(O)=C2C(=O)C(=O)N(CCOCCO)[C@@H]2c2ccccc2[N+](=O)[O-])cc1. The number of aliphatic hydroxyl groups is 2. The van der Waals surface area contributed by atoms with E-state index in [2.05, 4.69) is 0 Å². The van der Waals surface area contributed by atoms with Gasteiger partial charge in [-0.1, -0.05) is 12.1 Å². The summed E-state index contributed by atoms with van der Waals surface area (Å²) in [6, 6.07) is 10.9. The summed E-state index contributed by atoms with van der Waals surface area (Å²) in [5.74, 6) is -1.74. The Morgan fingerprint density at radius 1 is 1.12 bits per heavy atom. The molecule has 0 bridgehead atoms. The van der Waals surface area contributed by atoms with Crippen LogP contribution in [0, 0.1) is 10.1 Å². The summed E-state index contributed by atoms with van der Waals surface area (Å²) in [5, 5.41) is 31.6. The number of ether oxygens (including phenoxy) is 2. The van der Waals surface area contributed by atoms with E-state index < -0.39 is 28.4 Å². The van der Waals surface area contributed by atoms with Crippen molar-refractivity contribution < 1.29 is 34.2 Å². The second-order valence-corrected chi connectivity index (χ2v) is 7.10. The molecule has 0 spiro atoms. The molecule has 1 aliphatic heterocycles. The summed E-state index contributed by atoms with van der Waals surface area (Å²) in [5.41, 5.74) is -0.184. The van der Waals surface area contributed by atoms with Crippen LogP contribution in [0.3, 0.4) is 0 Å². The Morgan fingerprint density at radius 2 is 1.82 bits per heavy atom. The van der Waals surface area contributed by atoms with Gasteiger partial charge in [-0.15, -0.1) is 0 Å². The lowest BCUT2D eigenvalue weighted by atomic mass is 9.94. The highest BCUT2D eigenvalue weighted by Gasteiger charge is 2.47. The predicted octanol–water partition coefficient (Wildman–Crippen LogP) is 2.42. The maximum absolute atomic E-state index is 13.0. The van der Waals surface area contributed by atoms with Crippen molar-refractivity contribution in [3.8, 4) is 5.75 Å². The fourth-order valence-corrected chi connectivity index (χ4v) is 3.68. The number of para-hydroxylation sites is 1. The van der Waals surface area contributed by atoms with Crippen molar-refractivity contribution in [1.29, 1.82) is 0 Å². The number of nitro groups is 1. The molecule has 1 aliphatic rings. The average Bonchev–Trinajstić information content (AvgIpc) is 3.07. The van der Waals surface area contributed by atoms with Gasteiger partial charge in [-0.25, -0.2) is 0 Å². The van der Waals surface area contributed by atoms with Crippen LogP contribution in [0.1, 0.15) is 24.1 Å². The zero-order valence-corrected chi connectivity index (χ0v) is 18.0. The zero-order valence-electron chi connectivity index (χ0n) is 18.0. The van der Waals surface area contributed by atoms with Crippen LogP contribution < -0.4 is 4.74 Å². The maximum atomic E-state index is 13.0. The molecule has 10 nitrogen and oxygen atoms in total. The number of likely N-dealkylation sites (tertiary alicyclic amines) is 1. The Hall–Kier alpha value is -3.76. The molecule has 174 valence electrons. The number of carbonyl (C=O) groups excluding carboxylic acids is 2. The van der Waals surface area contributed by atoms with Crippen molar-refractivity contribution in [3.05, 3.63) is 75.3 Å². The molecule has 2 aromatic rings. The van der Waals surface area contributed by atoms with Crippen molar-refractivity contribution in [1.82, 2.24) is 4.90 Å². The third-order valence-corrected chi connectivity index (χ3v) is 5.12. The lowest BCUT2D eigenvalue weighted by Crippen LogP contribution is -2.33. The molecule has 1 fully saturated rings. The molecule has 10 heteroatoms. The topological polar surface area (TPSA) is 139 Å². The van der Waals surface area contributed by atoms with Gasteiger partial charge < -0.3 is 24.6 Å². The monoisotopic (exact) mass is 456 g/mol. The van der Waals surface area contributed by atoms with Crippen molar-refractivity contribution in [2.24, 2.45) is 0 Å². The lowest BCUT2D eigenvalue weighted by Gasteiger charge is -2.25. The number of Topliss-reactive ketones (excluding diaryl/α,β-unsaturated/α-hetero) is 1. The van der Waals surface area contributed by atoms with E-state index in [0.717, 1.165) is 4.90 Å². The number of benzene rings is 2. The molecule has 33 heavy (non-hydrogen) atoms. The van der Waals surface area contributed by atoms with Gasteiger partial charge in [0.15, 0.2) is 0 Å². The number of aliphatic hydroxyl groups excluding tert-OH is 2. The summed E-state index contributed by atoms with van der Waals surface area (Å²) >= 11 is 0. The Bertz CT molecular complexity index is 1060. The van der Waals surface area contributed by atoms with E-state index in [0.29, 0.717) is 12.4 Å². The van der Waals surface area contributed by atoms with Crippen LogP contribution in [-0.2, 0) is 14.3 Å². The first-order valence-corrected chi connectivity index (χ1v) is 10.3. The molecular formula is C23H24N2O8. The molecule has 0 aliphatic carbocycles. The normalized spacial score (nSPS) is 17.4. The number of amides is 1. The van der Waals surface area contributed by atoms with E-state index in [1.807, 2.05) is 6.92 Å². The molecular weight excluding hydrogens is 432 g/mol. The molecule has 1 heterocycles. The van der Waals surface area contributed by atoms with Gasteiger partial charge in [0.1, 0.15) is 11.5 Å². The third kappa shape index (κ3) is 5.02. The van der Waals surface area contributed by atoms with Crippen molar-refractivity contribution in [2.75, 3.05) is 33.0 Å². The Balaban J connectivity index is 2.12. The highest BCUT2D eigenvalue weighted by atomic mass is 16.6. The van der Waals surface area contributed by atoms with Crippen LogP contribution in [0.5, 0.6) is 5.75 Å². The summed E-state index contributed by atoms with van der Waals surface area (Å²) < 4.78 is 10.6. The van der Waals surface area contributed by atoms with Crippen LogP contribution in [-0.4, -0.2) is 64.7 Å². The van der Waals surface area contributed by atoms with Gasteiger partial charge in [-0.3, -0.25) is 19.7 Å². The standard InChI is InChI=1S/C23H24N2O8/c1-2-33-16-9-7-15(8-10-16)21(27)19-20(17-5-3-4-6-18(17)25(30)31)24(23(29)22(19)28)11-13-32-14-12-26/h3-10,20,26-27H,2,11-14H2,1H3/t20-/m1/s1. The van der Waals surface area contributed by atoms with Crippen molar-refractivity contribution >= 4 is 23.1 Å². The molecule has 0 unspecified atom stereocenters. The largest absolute Gasteiger partial charge is 0.507 e. The molecule has 0 aromatic heterocycles. The summed E-state index contributed by atoms with van der Waals surface area (Å²) in [6.45, 7) is 2.02. The number of hydrogen-bond donors (Lipinski definition) is 2. The number of nitrogens with zero attached hydrogens (tertiary/aromatic N) is 2. The number of nitro benzene ring substituents is 1. The van der Waals surface area contributed by atoms with Crippen LogP contribution in [0.25, 0.3) is 5.76 Å². The van der Waals surface area contributed by atoms with Gasteiger partial charge in [0.25, 0.3) is 17.4 Å². The minimum Gasteiger partial charge on any atom is -0.507 e. The first-order valence-electron chi connectivity index (χ1n) is 10.3. The van der Waals surface area contributed by atoms with E-state index >= 15 is 0 Å². The molecule has 1 amide bonds. The van der Waals surface area contributed by atoms with Crippen LogP contribution in [0.4, 0.5) is 5.69 Å². The molecule has 2 N–H and O–H groups in total. The molecule has 0 radical (unpaired) electrons. The van der Waals surface area contributed by atoms with Crippen LogP contribution in [0.2, 0.25) is 0 Å². The van der Waals surface area contributed by atoms with Gasteiger partial charge in [-0.2, -0.15) is 0 Å². The van der Waals surface area contributed by atoms with Gasteiger partial charge >= 0.3 is 0 Å². The number of hydrogen-bond acceptors (Lipinski definition) is 8. The minimum atomic E-state index is -1.18. The number of ketones is 1. The second kappa shape index (κ2) is 10.7. The van der Waals surface area contributed by atoms with Gasteiger partial charge in [-0.05, 0) is 37.3 Å². The fourth-order valence-electron chi connectivity index (χ4n) is 3.68. The van der Waals surface area contributed by atoms with Crippen LogP contribution in [0.15, 0.2) is 54.1 Å². The van der Waals surface area contributed by atoms with E-state index in [9.17, 15) is 24.8 Å². The third-order valence-electron chi connectivity index (χ3n) is 5.12. The smallest absolute Gasteiger partial charge is 0.295 e. The summed E-state index contributed by atoms with van der Waals surface area (Å²) in [7, 11) is 0. The lowest BCUT2D eigenvalue weighted by molar-refractivity contribution is -0.385. The van der Waals surface area contributed by atoms with E-state index in [-0.39, 0.29) is 48.8 Å². The second-order valence-electron chi connectivity index (χ2n) is 7.10. The fraction of sp³-hybridized carbons (Fsp3) is 0.304. The van der Waals surface area contributed by atoms with Gasteiger partial charge in [0.05, 0.1) is 48.5 Å². The molecule has 1 atom stereocenters. The van der Waals surface area contributed by atoms with E-state index in [1.54, 1.807) is 18.2 Å². The molecule has 3 rings (SSSR count). The molecule has 1 saturated heterocycles. The van der Waals surface area contributed by atoms with Crippen molar-refractivity contribution in [3.63, 3.8) is 0 Å². The Kier molecular flexibility index (Phi) is 7.75. The van der Waals surface area contributed by atoms with Crippen molar-refractivity contribution in [2.45, 2.75) is 13.0 Å². The van der Waals surface area contributed by atoms with Gasteiger partial charge in [0.2, 0.25) is 0 Å². The predicted molar refractivity (Wildman–Crippen MR) is 118 cm³/mol. The zero-order chi connectivity index (χ0) is 24.0. The Labute approximate surface area is 189 Å². The first kappa shape index (κ1) is 23.9. The maximum Gasteiger partial charge on any atom is 0.295 e. The summed E-state index contributed by atoms with van der Waals surface area (Å²) in [4.78, 5) is 38.0. The highest BCUT2D eigenvalue weighted by molar-refractivity contribution is 6.46. The number of carbonyl (C=O) groups is 2. The minimum absolute atomic E-state index is 0.00614. The van der Waals surface area contributed by atoms with Crippen LogP contribution >= 0.6 is 0 Å². The highest BCUT2D eigenvalue weighted by Crippen LogP contribution is 2.42. The Morgan fingerprint density at radius 3 is 2.45 bits per heavy atom. The van der Waals surface area contributed by atoms with E-state index in [1.165, 1.54) is 30.3 Å². The average molecular weight is 456 g/mol. The first-order chi connectivity index (χ1) is 15.9. The van der Waals surface area contributed by atoms with E-state index in [4.69, 9.17) is 14.6 Å². The summed E-state index contributed by atoms with van der Waals surface area (Å²) in [6.07, 6.45) is 0. The molecule has 0 saturated carbocycles. The molecule has 2 aromatic carbocycles.